The van der Waals surface area contributed by atoms with E-state index < -0.39 is 38.0 Å². The van der Waals surface area contributed by atoms with Crippen molar-refractivity contribution >= 4 is 20.2 Å². The highest BCUT2D eigenvalue weighted by molar-refractivity contribution is 6.74. The molecule has 1 N–H and O–H groups in total. The van der Waals surface area contributed by atoms with Gasteiger partial charge in [0.1, 0.15) is 6.04 Å². The number of nitrogens with one attached hydrogen (secondary N) is 1. The third-order valence-electron chi connectivity index (χ3n) is 4.92. The number of rotatable bonds is 7. The quantitative estimate of drug-likeness (QED) is 0.526. The second kappa shape index (κ2) is 9.08. The number of amides is 1. The average Bonchev–Trinajstić information content (AvgIpc) is 2.58. The summed E-state index contributed by atoms with van der Waals surface area (Å²) in [6.07, 6.45) is -4.40. The molecule has 9 heteroatoms. The van der Waals surface area contributed by atoms with E-state index in [0.29, 0.717) is 0 Å². The monoisotopic (exact) mass is 419 g/mol. The minimum atomic E-state index is -4.56. The molecule has 0 aliphatic rings. The highest BCUT2D eigenvalue weighted by atomic mass is 28.4. The Bertz CT molecular complexity index is 699. The maximum atomic E-state index is 12.8. The number of benzene rings is 1. The number of halogens is 3. The fourth-order valence-electron chi connectivity index (χ4n) is 2.12. The number of ether oxygens (including phenoxy) is 1. The van der Waals surface area contributed by atoms with Crippen LogP contribution in [0.25, 0.3) is 0 Å². The first-order chi connectivity index (χ1) is 12.7. The molecule has 0 fully saturated rings. The normalized spacial score (nSPS) is 13.8. The zero-order chi connectivity index (χ0) is 21.8. The van der Waals surface area contributed by atoms with Crippen LogP contribution in [0.2, 0.25) is 18.1 Å². The van der Waals surface area contributed by atoms with Gasteiger partial charge < -0.3 is 14.5 Å². The van der Waals surface area contributed by atoms with Gasteiger partial charge in [0.05, 0.1) is 12.7 Å². The van der Waals surface area contributed by atoms with Crippen molar-refractivity contribution < 1.29 is 31.9 Å². The Kier molecular flexibility index (Phi) is 7.84. The summed E-state index contributed by atoms with van der Waals surface area (Å²) < 4.78 is 49.2. The second-order valence-corrected chi connectivity index (χ2v) is 12.8. The lowest BCUT2D eigenvalue weighted by Gasteiger charge is -2.36. The lowest BCUT2D eigenvalue weighted by Crippen LogP contribution is -2.45. The highest BCUT2D eigenvalue weighted by Gasteiger charge is 2.37. The maximum absolute atomic E-state index is 12.8. The zero-order valence-corrected chi connectivity index (χ0v) is 18.1. The van der Waals surface area contributed by atoms with E-state index in [1.54, 1.807) is 0 Å². The van der Waals surface area contributed by atoms with Gasteiger partial charge in [0.15, 0.2) is 8.32 Å². The molecule has 0 saturated heterocycles. The van der Waals surface area contributed by atoms with Gasteiger partial charge in [0, 0.05) is 18.6 Å². The molecular weight excluding hydrogens is 391 g/mol. The third kappa shape index (κ3) is 6.63. The summed E-state index contributed by atoms with van der Waals surface area (Å²) in [6, 6.07) is 3.00. The van der Waals surface area contributed by atoms with Crippen molar-refractivity contribution in [2.75, 3.05) is 13.7 Å². The Morgan fingerprint density at radius 1 is 1.18 bits per heavy atom. The molecule has 1 rings (SSSR count). The molecule has 1 aromatic rings. The van der Waals surface area contributed by atoms with Gasteiger partial charge in [-0.05, 0) is 36.3 Å². The van der Waals surface area contributed by atoms with Crippen molar-refractivity contribution in [2.45, 2.75) is 57.5 Å². The Hall–Kier alpha value is -1.87. The SMILES string of the molecule is COC(=O)[C@@H](CCO[Si](C)(C)C(C)(C)C)NC(=O)c1cccc(C(F)(F)F)c1. The van der Waals surface area contributed by atoms with Crippen LogP contribution in [0.3, 0.4) is 0 Å². The lowest BCUT2D eigenvalue weighted by molar-refractivity contribution is -0.143. The van der Waals surface area contributed by atoms with Crippen molar-refractivity contribution in [1.82, 2.24) is 5.32 Å². The number of carbonyl (C=O) groups is 2. The molecule has 1 aromatic carbocycles. The Morgan fingerprint density at radius 2 is 1.79 bits per heavy atom. The van der Waals surface area contributed by atoms with Crippen molar-refractivity contribution in [1.29, 1.82) is 0 Å². The fraction of sp³-hybridized carbons (Fsp3) is 0.579. The molecule has 0 heterocycles. The molecule has 0 aliphatic carbocycles. The summed E-state index contributed by atoms with van der Waals surface area (Å²) in [7, 11) is -0.858. The van der Waals surface area contributed by atoms with E-state index in [4.69, 9.17) is 9.16 Å². The summed E-state index contributed by atoms with van der Waals surface area (Å²) in [5.74, 6) is -1.46. The predicted octanol–water partition coefficient (Wildman–Crippen LogP) is 4.39. The van der Waals surface area contributed by atoms with E-state index in [0.717, 1.165) is 18.2 Å². The van der Waals surface area contributed by atoms with Crippen LogP contribution in [-0.4, -0.2) is 40.0 Å². The predicted molar refractivity (Wildman–Crippen MR) is 102 cm³/mol. The topological polar surface area (TPSA) is 64.6 Å². The molecule has 0 radical (unpaired) electrons. The molecule has 0 unspecified atom stereocenters. The maximum Gasteiger partial charge on any atom is 0.416 e. The van der Waals surface area contributed by atoms with E-state index >= 15 is 0 Å². The van der Waals surface area contributed by atoms with Gasteiger partial charge in [0.2, 0.25) is 0 Å². The molecular formula is C19H28F3NO4Si. The van der Waals surface area contributed by atoms with Crippen LogP contribution in [0.1, 0.15) is 43.1 Å². The third-order valence-corrected chi connectivity index (χ3v) is 9.46. The zero-order valence-electron chi connectivity index (χ0n) is 17.1. The molecule has 1 amide bonds. The van der Waals surface area contributed by atoms with E-state index in [-0.39, 0.29) is 23.6 Å². The molecule has 0 aromatic heterocycles. The van der Waals surface area contributed by atoms with Crippen LogP contribution in [0.4, 0.5) is 13.2 Å². The van der Waals surface area contributed by atoms with Crippen LogP contribution in [0, 0.1) is 0 Å². The Labute approximate surface area is 164 Å². The van der Waals surface area contributed by atoms with E-state index in [1.165, 1.54) is 13.2 Å². The molecule has 158 valence electrons. The first-order valence-electron chi connectivity index (χ1n) is 8.89. The minimum absolute atomic E-state index is 0.0188. The highest BCUT2D eigenvalue weighted by Crippen LogP contribution is 2.36. The molecule has 5 nitrogen and oxygen atoms in total. The van der Waals surface area contributed by atoms with Gasteiger partial charge in [-0.1, -0.05) is 26.8 Å². The standard InChI is InChI=1S/C19H28F3NO4Si/c1-18(2,3)28(5,6)27-11-10-15(17(25)26-4)23-16(24)13-8-7-9-14(12-13)19(20,21)22/h7-9,12,15H,10-11H2,1-6H3,(H,23,24)/t15-/m1/s1. The number of carbonyl (C=O) groups excluding carboxylic acids is 2. The fourth-order valence-corrected chi connectivity index (χ4v) is 3.18. The Morgan fingerprint density at radius 3 is 2.29 bits per heavy atom. The molecule has 0 bridgehead atoms. The smallest absolute Gasteiger partial charge is 0.416 e. The van der Waals surface area contributed by atoms with E-state index in [9.17, 15) is 22.8 Å². The number of alkyl halides is 3. The van der Waals surface area contributed by atoms with E-state index in [2.05, 4.69) is 39.2 Å². The summed E-state index contributed by atoms with van der Waals surface area (Å²) >= 11 is 0. The van der Waals surface area contributed by atoms with Gasteiger partial charge >= 0.3 is 12.1 Å². The number of hydrogen-bond acceptors (Lipinski definition) is 4. The van der Waals surface area contributed by atoms with Gasteiger partial charge in [-0.15, -0.1) is 0 Å². The van der Waals surface area contributed by atoms with Crippen molar-refractivity contribution in [3.05, 3.63) is 35.4 Å². The van der Waals surface area contributed by atoms with Gasteiger partial charge in [-0.3, -0.25) is 4.79 Å². The number of methoxy groups -OCH3 is 1. The Balaban J connectivity index is 2.85. The second-order valence-electron chi connectivity index (χ2n) is 8.03. The summed E-state index contributed by atoms with van der Waals surface area (Å²) in [6.45, 7) is 10.6. The van der Waals surface area contributed by atoms with Crippen molar-refractivity contribution in [3.63, 3.8) is 0 Å². The minimum Gasteiger partial charge on any atom is -0.467 e. The summed E-state index contributed by atoms with van der Waals surface area (Å²) in [5, 5.41) is 2.42. The largest absolute Gasteiger partial charge is 0.467 e. The molecule has 0 spiro atoms. The van der Waals surface area contributed by atoms with Crippen LogP contribution in [0.5, 0.6) is 0 Å². The number of hydrogen-bond donors (Lipinski definition) is 1. The molecule has 1 atom stereocenters. The lowest BCUT2D eigenvalue weighted by atomic mass is 10.1. The van der Waals surface area contributed by atoms with Crippen molar-refractivity contribution in [3.8, 4) is 0 Å². The van der Waals surface area contributed by atoms with Crippen LogP contribution >= 0.6 is 0 Å². The van der Waals surface area contributed by atoms with Crippen LogP contribution in [-0.2, 0) is 20.1 Å². The molecule has 0 aliphatic heterocycles. The first-order valence-corrected chi connectivity index (χ1v) is 11.8. The summed E-state index contributed by atoms with van der Waals surface area (Å²) in [4.78, 5) is 24.4. The first kappa shape index (κ1) is 24.2. The van der Waals surface area contributed by atoms with Gasteiger partial charge in [-0.2, -0.15) is 13.2 Å². The van der Waals surface area contributed by atoms with Gasteiger partial charge in [-0.25, -0.2) is 4.79 Å². The summed E-state index contributed by atoms with van der Waals surface area (Å²) in [5.41, 5.74) is -1.12. The van der Waals surface area contributed by atoms with E-state index in [1.807, 2.05) is 0 Å². The molecule has 0 saturated carbocycles. The van der Waals surface area contributed by atoms with Crippen LogP contribution < -0.4 is 5.32 Å². The van der Waals surface area contributed by atoms with Crippen LogP contribution in [0.15, 0.2) is 24.3 Å². The molecule has 28 heavy (non-hydrogen) atoms. The average molecular weight is 420 g/mol. The van der Waals surface area contributed by atoms with Crippen molar-refractivity contribution in [2.24, 2.45) is 0 Å². The van der Waals surface area contributed by atoms with Gasteiger partial charge in [0.25, 0.3) is 5.91 Å². The number of esters is 1.